The van der Waals surface area contributed by atoms with Crippen molar-refractivity contribution in [3.05, 3.63) is 65.9 Å². The van der Waals surface area contributed by atoms with Crippen molar-refractivity contribution in [3.63, 3.8) is 0 Å². The second-order valence-electron chi connectivity index (χ2n) is 8.04. The molecule has 178 valence electrons. The summed E-state index contributed by atoms with van der Waals surface area (Å²) in [6.45, 7) is 3.29. The van der Waals surface area contributed by atoms with Crippen LogP contribution in [0.4, 0.5) is 0 Å². The molecular weight excluding hydrogens is 462 g/mol. The summed E-state index contributed by atoms with van der Waals surface area (Å²) in [5.41, 5.74) is 2.16. The first-order valence-electron chi connectivity index (χ1n) is 11.4. The first kappa shape index (κ1) is 22.9. The zero-order valence-electron chi connectivity index (χ0n) is 19.5. The molecule has 0 fully saturated rings. The second-order valence-corrected chi connectivity index (χ2v) is 9.08. The van der Waals surface area contributed by atoms with E-state index in [9.17, 15) is 4.79 Å². The van der Waals surface area contributed by atoms with Crippen LogP contribution in [0.2, 0.25) is 0 Å². The van der Waals surface area contributed by atoms with E-state index in [4.69, 9.17) is 14.9 Å². The number of benzene rings is 2. The largest absolute Gasteiger partial charge is 0.497 e. The molecule has 3 aromatic rings. The number of rotatable bonds is 8. The quantitative estimate of drug-likeness (QED) is 0.351. The first-order valence-corrected chi connectivity index (χ1v) is 12.2. The van der Waals surface area contributed by atoms with E-state index in [-0.39, 0.29) is 11.4 Å². The van der Waals surface area contributed by atoms with Crippen LogP contribution in [-0.4, -0.2) is 45.2 Å². The number of amides is 1. The Morgan fingerprint density at radius 3 is 2.80 bits per heavy atom. The molecule has 35 heavy (non-hydrogen) atoms. The summed E-state index contributed by atoms with van der Waals surface area (Å²) in [6.07, 6.45) is 5.30. The lowest BCUT2D eigenvalue weighted by molar-refractivity contribution is -0.114. The van der Waals surface area contributed by atoms with E-state index in [2.05, 4.69) is 20.7 Å². The normalized spacial score (nSPS) is 16.5. The lowest BCUT2D eigenvalue weighted by atomic mass is 10.1. The van der Waals surface area contributed by atoms with Gasteiger partial charge < -0.3 is 14.0 Å². The summed E-state index contributed by atoms with van der Waals surface area (Å²) in [7, 11) is 1.64. The topological polar surface area (TPSA) is 92.3 Å². The number of thioether (sulfide) groups is 1. The lowest BCUT2D eigenvalue weighted by Gasteiger charge is -2.20. The highest BCUT2D eigenvalue weighted by atomic mass is 32.2. The average molecular weight is 488 g/mol. The number of carbonyl (C=O) groups is 1. The maximum atomic E-state index is 12.8. The molecule has 2 aromatic carbocycles. The molecule has 9 heteroatoms. The standard InChI is InChI=1S/C26H25N5O3S/c1-3-23-29-31-24(27)21(25(32)28-26(31)35-23)14-17-16-30(22-11-5-4-10-20(17)22)12-7-13-34-19-9-6-8-18(15-19)33-2/h4-6,8-11,14-16,27H,3,7,12-13H2,1-2H3/b21-14+,27-24?. The van der Waals surface area contributed by atoms with Gasteiger partial charge in [-0.1, -0.05) is 31.2 Å². The van der Waals surface area contributed by atoms with Gasteiger partial charge in [0.05, 0.1) is 19.3 Å². The van der Waals surface area contributed by atoms with Crippen LogP contribution in [0.1, 0.15) is 25.3 Å². The summed E-state index contributed by atoms with van der Waals surface area (Å²) in [4.78, 5) is 16.9. The van der Waals surface area contributed by atoms with Crippen molar-refractivity contribution in [1.29, 1.82) is 5.41 Å². The summed E-state index contributed by atoms with van der Waals surface area (Å²) in [5.74, 6) is 1.18. The monoisotopic (exact) mass is 487 g/mol. The molecule has 5 rings (SSSR count). The molecule has 0 saturated heterocycles. The highest BCUT2D eigenvalue weighted by molar-refractivity contribution is 8.26. The molecule has 2 aliphatic heterocycles. The van der Waals surface area contributed by atoms with E-state index >= 15 is 0 Å². The predicted octanol–water partition coefficient (Wildman–Crippen LogP) is 5.15. The van der Waals surface area contributed by atoms with Crippen molar-refractivity contribution < 1.29 is 14.3 Å². The van der Waals surface area contributed by atoms with Crippen LogP contribution in [0.3, 0.4) is 0 Å². The predicted molar refractivity (Wildman–Crippen MR) is 140 cm³/mol. The fraction of sp³-hybridized carbons (Fsp3) is 0.231. The molecule has 3 heterocycles. The van der Waals surface area contributed by atoms with E-state index in [1.807, 2.05) is 55.6 Å². The molecule has 0 aliphatic carbocycles. The highest BCUT2D eigenvalue weighted by Crippen LogP contribution is 2.31. The molecule has 1 aromatic heterocycles. The Morgan fingerprint density at radius 1 is 1.14 bits per heavy atom. The smallest absolute Gasteiger partial charge is 0.283 e. The van der Waals surface area contributed by atoms with Crippen molar-refractivity contribution >= 4 is 50.7 Å². The zero-order chi connectivity index (χ0) is 24.4. The maximum absolute atomic E-state index is 12.8. The summed E-state index contributed by atoms with van der Waals surface area (Å²) < 4.78 is 13.3. The minimum absolute atomic E-state index is 0.0551. The molecule has 0 spiro atoms. The van der Waals surface area contributed by atoms with E-state index in [0.717, 1.165) is 52.4 Å². The molecule has 1 amide bonds. The SMILES string of the molecule is CCC1=NN2C(=N)/C(=C\c3cn(CCCOc4cccc(OC)c4)c4ccccc34)C(=O)N=C2S1. The Labute approximate surface area is 207 Å². The number of hydrazone groups is 1. The lowest BCUT2D eigenvalue weighted by Crippen LogP contribution is -2.35. The van der Waals surface area contributed by atoms with Gasteiger partial charge in [0.15, 0.2) is 5.84 Å². The summed E-state index contributed by atoms with van der Waals surface area (Å²) in [6, 6.07) is 15.6. The van der Waals surface area contributed by atoms with E-state index < -0.39 is 5.91 Å². The highest BCUT2D eigenvalue weighted by Gasteiger charge is 2.35. The second kappa shape index (κ2) is 9.79. The number of aryl methyl sites for hydroxylation is 1. The Bertz CT molecular complexity index is 1400. The first-order chi connectivity index (χ1) is 17.1. The van der Waals surface area contributed by atoms with Crippen molar-refractivity contribution in [3.8, 4) is 11.5 Å². The number of aliphatic imine (C=N–C) groups is 1. The Kier molecular flexibility index (Phi) is 6.41. The number of hydrogen-bond acceptors (Lipinski definition) is 6. The van der Waals surface area contributed by atoms with Gasteiger partial charge in [-0.15, -0.1) is 0 Å². The summed E-state index contributed by atoms with van der Waals surface area (Å²) >= 11 is 1.34. The van der Waals surface area contributed by atoms with Gasteiger partial charge in [0.2, 0.25) is 5.17 Å². The molecule has 0 radical (unpaired) electrons. The fourth-order valence-corrected chi connectivity index (χ4v) is 4.85. The van der Waals surface area contributed by atoms with Crippen molar-refractivity contribution in [1.82, 2.24) is 9.58 Å². The van der Waals surface area contributed by atoms with Crippen LogP contribution in [0, 0.1) is 5.41 Å². The van der Waals surface area contributed by atoms with Crippen molar-refractivity contribution in [2.45, 2.75) is 26.3 Å². The zero-order valence-corrected chi connectivity index (χ0v) is 20.3. The Hall–Kier alpha value is -3.85. The number of nitrogens with one attached hydrogen (secondary N) is 1. The van der Waals surface area contributed by atoms with Gasteiger partial charge in [0.1, 0.15) is 16.5 Å². The van der Waals surface area contributed by atoms with Gasteiger partial charge in [0, 0.05) is 35.3 Å². The third-order valence-corrected chi connectivity index (χ3v) is 6.82. The molecule has 0 unspecified atom stereocenters. The van der Waals surface area contributed by atoms with Crippen LogP contribution in [0.5, 0.6) is 11.5 Å². The molecule has 0 atom stereocenters. The maximum Gasteiger partial charge on any atom is 0.283 e. The molecule has 0 bridgehead atoms. The number of carbonyl (C=O) groups excluding carboxylic acids is 1. The molecular formula is C26H25N5O3S. The number of para-hydroxylation sites is 1. The third-order valence-electron chi connectivity index (χ3n) is 5.77. The van der Waals surface area contributed by atoms with E-state index in [1.165, 1.54) is 16.8 Å². The number of fused-ring (bicyclic) bond motifs is 2. The van der Waals surface area contributed by atoms with Crippen molar-refractivity contribution in [2.24, 2.45) is 10.1 Å². The van der Waals surface area contributed by atoms with Gasteiger partial charge in [0.25, 0.3) is 5.91 Å². The molecule has 2 aliphatic rings. The number of nitrogens with zero attached hydrogens (tertiary/aromatic N) is 4. The minimum Gasteiger partial charge on any atom is -0.497 e. The number of aromatic nitrogens is 1. The van der Waals surface area contributed by atoms with Gasteiger partial charge in [-0.05, 0) is 48.9 Å². The van der Waals surface area contributed by atoms with Crippen LogP contribution in [0.15, 0.2) is 70.4 Å². The van der Waals surface area contributed by atoms with Gasteiger partial charge in [-0.25, -0.2) is 0 Å². The average Bonchev–Trinajstić information content (AvgIpc) is 3.46. The van der Waals surface area contributed by atoms with Crippen LogP contribution in [-0.2, 0) is 11.3 Å². The number of ether oxygens (including phenoxy) is 2. The summed E-state index contributed by atoms with van der Waals surface area (Å²) in [5, 5.41) is 16.8. The van der Waals surface area contributed by atoms with Gasteiger partial charge >= 0.3 is 0 Å². The number of amidine groups is 2. The van der Waals surface area contributed by atoms with E-state index in [1.54, 1.807) is 13.2 Å². The van der Waals surface area contributed by atoms with Gasteiger partial charge in [-0.3, -0.25) is 10.2 Å². The van der Waals surface area contributed by atoms with E-state index in [0.29, 0.717) is 11.8 Å². The van der Waals surface area contributed by atoms with Crippen LogP contribution >= 0.6 is 11.8 Å². The molecule has 0 saturated carbocycles. The van der Waals surface area contributed by atoms with Crippen molar-refractivity contribution in [2.75, 3.05) is 13.7 Å². The minimum atomic E-state index is -0.412. The number of methoxy groups -OCH3 is 1. The fourth-order valence-electron chi connectivity index (χ4n) is 4.02. The Balaban J connectivity index is 1.35. The number of hydrogen-bond donors (Lipinski definition) is 1. The van der Waals surface area contributed by atoms with Crippen LogP contribution < -0.4 is 9.47 Å². The van der Waals surface area contributed by atoms with Crippen LogP contribution in [0.25, 0.3) is 17.0 Å². The Morgan fingerprint density at radius 2 is 1.97 bits per heavy atom. The van der Waals surface area contributed by atoms with Gasteiger partial charge in [-0.2, -0.15) is 15.1 Å². The third kappa shape index (κ3) is 4.59. The molecule has 8 nitrogen and oxygen atoms in total. The molecule has 1 N–H and O–H groups in total.